The summed E-state index contributed by atoms with van der Waals surface area (Å²) in [6, 6.07) is 12.2. The van der Waals surface area contributed by atoms with Crippen molar-refractivity contribution in [2.45, 2.75) is 46.5 Å². The number of rotatable bonds is 3. The third kappa shape index (κ3) is 3.32. The van der Waals surface area contributed by atoms with Crippen molar-refractivity contribution < 1.29 is 13.6 Å². The molecule has 1 fully saturated rings. The molecule has 1 aliphatic rings. The fourth-order valence-electron chi connectivity index (χ4n) is 4.95. The molecule has 5 heteroatoms. The summed E-state index contributed by atoms with van der Waals surface area (Å²) in [7, 11) is 0. The van der Waals surface area contributed by atoms with Crippen molar-refractivity contribution in [3.63, 3.8) is 0 Å². The number of likely N-dealkylation sites (tertiary alicyclic amines) is 1. The Hall–Kier alpha value is -3.34. The molecule has 0 unspecified atom stereocenters. The van der Waals surface area contributed by atoms with Crippen LogP contribution in [0.2, 0.25) is 0 Å². The standard InChI is InChI=1S/C27H27NO4/c1-16-20-14-22-24(19-10-6-4-7-11-19)18(3)31-26(22)17(2)25(20)32-27(30)21(16)15-23(29)28-12-8-5-9-13-28/h4,6-7,10-11,14H,5,8-9,12-13,15H2,1-3H3. The van der Waals surface area contributed by atoms with E-state index in [9.17, 15) is 9.59 Å². The van der Waals surface area contributed by atoms with Crippen LogP contribution in [-0.4, -0.2) is 23.9 Å². The molecule has 1 amide bonds. The van der Waals surface area contributed by atoms with Gasteiger partial charge in [0.25, 0.3) is 0 Å². The van der Waals surface area contributed by atoms with E-state index in [1.807, 2.05) is 49.9 Å². The van der Waals surface area contributed by atoms with Gasteiger partial charge < -0.3 is 13.7 Å². The molecule has 0 saturated carbocycles. The van der Waals surface area contributed by atoms with Crippen LogP contribution in [0, 0.1) is 20.8 Å². The van der Waals surface area contributed by atoms with Gasteiger partial charge in [0.2, 0.25) is 5.91 Å². The summed E-state index contributed by atoms with van der Waals surface area (Å²) in [6.45, 7) is 7.33. The van der Waals surface area contributed by atoms with E-state index in [0.29, 0.717) is 11.1 Å². The number of fused-ring (bicyclic) bond motifs is 2. The Kier molecular flexibility index (Phi) is 5.12. The molecule has 32 heavy (non-hydrogen) atoms. The highest BCUT2D eigenvalue weighted by atomic mass is 16.4. The number of carbonyl (C=O) groups is 1. The van der Waals surface area contributed by atoms with E-state index in [1.165, 1.54) is 0 Å². The van der Waals surface area contributed by atoms with Crippen molar-refractivity contribution in [1.82, 2.24) is 4.90 Å². The van der Waals surface area contributed by atoms with Crippen LogP contribution < -0.4 is 5.63 Å². The number of furan rings is 1. The lowest BCUT2D eigenvalue weighted by atomic mass is 9.96. The lowest BCUT2D eigenvalue weighted by Gasteiger charge is -2.26. The summed E-state index contributed by atoms with van der Waals surface area (Å²) in [5.41, 5.74) is 5.01. The van der Waals surface area contributed by atoms with Crippen molar-refractivity contribution in [1.29, 1.82) is 0 Å². The first-order chi connectivity index (χ1) is 15.5. The first kappa shape index (κ1) is 20.6. The first-order valence-corrected chi connectivity index (χ1v) is 11.3. The van der Waals surface area contributed by atoms with Gasteiger partial charge in [-0.2, -0.15) is 0 Å². The van der Waals surface area contributed by atoms with Crippen LogP contribution in [0.5, 0.6) is 0 Å². The van der Waals surface area contributed by atoms with Crippen LogP contribution >= 0.6 is 0 Å². The molecule has 3 heterocycles. The summed E-state index contributed by atoms with van der Waals surface area (Å²) in [6.07, 6.45) is 3.29. The zero-order valence-electron chi connectivity index (χ0n) is 18.8. The third-order valence-electron chi connectivity index (χ3n) is 6.73. The monoisotopic (exact) mass is 429 g/mol. The number of aryl methyl sites for hydroxylation is 3. The molecule has 4 aromatic rings. The van der Waals surface area contributed by atoms with Gasteiger partial charge in [0, 0.05) is 35.0 Å². The third-order valence-corrected chi connectivity index (χ3v) is 6.73. The predicted molar refractivity (Wildman–Crippen MR) is 126 cm³/mol. The van der Waals surface area contributed by atoms with Gasteiger partial charge in [-0.1, -0.05) is 30.3 Å². The number of piperidine rings is 1. The van der Waals surface area contributed by atoms with Gasteiger partial charge in [-0.15, -0.1) is 0 Å². The van der Waals surface area contributed by atoms with E-state index >= 15 is 0 Å². The minimum atomic E-state index is -0.436. The molecule has 0 bridgehead atoms. The van der Waals surface area contributed by atoms with Gasteiger partial charge in [-0.25, -0.2) is 4.79 Å². The molecule has 0 aliphatic carbocycles. The summed E-state index contributed by atoms with van der Waals surface area (Å²) >= 11 is 0. The van der Waals surface area contributed by atoms with E-state index < -0.39 is 5.63 Å². The Morgan fingerprint density at radius 3 is 2.31 bits per heavy atom. The second-order valence-electron chi connectivity index (χ2n) is 8.77. The van der Waals surface area contributed by atoms with Crippen LogP contribution in [0.3, 0.4) is 0 Å². The van der Waals surface area contributed by atoms with Crippen LogP contribution in [0.15, 0.2) is 50.0 Å². The maximum absolute atomic E-state index is 12.9. The molecule has 2 aromatic carbocycles. The van der Waals surface area contributed by atoms with E-state index in [2.05, 4.69) is 12.1 Å². The zero-order chi connectivity index (χ0) is 22.4. The highest BCUT2D eigenvalue weighted by Crippen LogP contribution is 2.39. The Morgan fingerprint density at radius 1 is 0.906 bits per heavy atom. The average Bonchev–Trinajstić information content (AvgIpc) is 3.15. The molecule has 0 atom stereocenters. The predicted octanol–water partition coefficient (Wildman–Crippen LogP) is 5.69. The molecule has 0 radical (unpaired) electrons. The van der Waals surface area contributed by atoms with Crippen molar-refractivity contribution in [2.75, 3.05) is 13.1 Å². The van der Waals surface area contributed by atoms with Crippen LogP contribution in [0.4, 0.5) is 0 Å². The van der Waals surface area contributed by atoms with Gasteiger partial charge in [-0.05, 0) is 57.2 Å². The van der Waals surface area contributed by atoms with E-state index in [-0.39, 0.29) is 12.3 Å². The summed E-state index contributed by atoms with van der Waals surface area (Å²) in [5, 5.41) is 1.85. The molecular formula is C27H27NO4. The van der Waals surface area contributed by atoms with Crippen LogP contribution in [0.25, 0.3) is 33.1 Å². The van der Waals surface area contributed by atoms with Crippen LogP contribution in [0.1, 0.15) is 41.7 Å². The van der Waals surface area contributed by atoms with Crippen molar-refractivity contribution >= 4 is 27.8 Å². The minimum absolute atomic E-state index is 0.00128. The van der Waals surface area contributed by atoms with Crippen molar-refractivity contribution in [3.8, 4) is 11.1 Å². The molecular weight excluding hydrogens is 402 g/mol. The van der Waals surface area contributed by atoms with Gasteiger partial charge in [0.05, 0.1) is 12.0 Å². The molecule has 2 aromatic heterocycles. The van der Waals surface area contributed by atoms with Crippen LogP contribution in [-0.2, 0) is 11.2 Å². The van der Waals surface area contributed by atoms with E-state index in [4.69, 9.17) is 8.83 Å². The van der Waals surface area contributed by atoms with Gasteiger partial charge in [-0.3, -0.25) is 4.79 Å². The molecule has 164 valence electrons. The average molecular weight is 430 g/mol. The summed E-state index contributed by atoms with van der Waals surface area (Å²) in [5.74, 6) is 0.825. The minimum Gasteiger partial charge on any atom is -0.460 e. The quantitative estimate of drug-likeness (QED) is 0.393. The molecule has 1 aliphatic heterocycles. The molecule has 1 saturated heterocycles. The number of nitrogens with zero attached hydrogens (tertiary/aromatic N) is 1. The number of benzene rings is 2. The first-order valence-electron chi connectivity index (χ1n) is 11.3. The molecule has 5 nitrogen and oxygen atoms in total. The highest BCUT2D eigenvalue weighted by Gasteiger charge is 2.23. The van der Waals surface area contributed by atoms with E-state index in [0.717, 1.165) is 76.7 Å². The lowest BCUT2D eigenvalue weighted by Crippen LogP contribution is -2.37. The number of amides is 1. The van der Waals surface area contributed by atoms with E-state index in [1.54, 1.807) is 0 Å². The largest absolute Gasteiger partial charge is 0.460 e. The topological polar surface area (TPSA) is 63.7 Å². The molecule has 5 rings (SSSR count). The SMILES string of the molecule is Cc1oc2c(C)c3oc(=O)c(CC(=O)N4CCCCC4)c(C)c3cc2c1-c1ccccc1. The fourth-order valence-corrected chi connectivity index (χ4v) is 4.95. The van der Waals surface area contributed by atoms with Gasteiger partial charge >= 0.3 is 5.63 Å². The maximum atomic E-state index is 12.9. The van der Waals surface area contributed by atoms with Gasteiger partial charge in [0.1, 0.15) is 16.9 Å². The Balaban J connectivity index is 1.68. The van der Waals surface area contributed by atoms with Crippen molar-refractivity contribution in [2.24, 2.45) is 0 Å². The maximum Gasteiger partial charge on any atom is 0.340 e. The number of carbonyl (C=O) groups excluding carboxylic acids is 1. The Morgan fingerprint density at radius 2 is 1.59 bits per heavy atom. The smallest absolute Gasteiger partial charge is 0.340 e. The Bertz CT molecular complexity index is 1390. The molecule has 0 N–H and O–H groups in total. The zero-order valence-corrected chi connectivity index (χ0v) is 18.8. The normalized spacial score (nSPS) is 14.4. The van der Waals surface area contributed by atoms with Crippen molar-refractivity contribution in [3.05, 3.63) is 69.3 Å². The Labute approximate surface area is 186 Å². The second kappa shape index (κ2) is 7.97. The highest BCUT2D eigenvalue weighted by molar-refractivity contribution is 6.06. The summed E-state index contributed by atoms with van der Waals surface area (Å²) in [4.78, 5) is 27.6. The molecule has 0 spiro atoms. The summed E-state index contributed by atoms with van der Waals surface area (Å²) < 4.78 is 11.9. The number of hydrogen-bond acceptors (Lipinski definition) is 4. The fraction of sp³-hybridized carbons (Fsp3) is 0.333. The van der Waals surface area contributed by atoms with Gasteiger partial charge in [0.15, 0.2) is 0 Å². The lowest BCUT2D eigenvalue weighted by molar-refractivity contribution is -0.131. The number of hydrogen-bond donors (Lipinski definition) is 0. The second-order valence-corrected chi connectivity index (χ2v) is 8.77.